The Kier molecular flexibility index (Phi) is 6.51. The summed E-state index contributed by atoms with van der Waals surface area (Å²) in [6.07, 6.45) is -2.71. The van der Waals surface area contributed by atoms with Crippen LogP contribution in [0.2, 0.25) is 0 Å². The Hall–Kier alpha value is -3.88. The molecule has 9 heteroatoms. The van der Waals surface area contributed by atoms with E-state index in [1.54, 1.807) is 0 Å². The first-order valence-electron chi connectivity index (χ1n) is 10.6. The number of aromatic nitrogens is 2. The quantitative estimate of drug-likeness (QED) is 0.230. The summed E-state index contributed by atoms with van der Waals surface area (Å²) in [6.45, 7) is 3.99. The van der Waals surface area contributed by atoms with E-state index in [-0.39, 0.29) is 22.4 Å². The Bertz CT molecular complexity index is 1380. The zero-order valence-electron chi connectivity index (χ0n) is 18.6. The summed E-state index contributed by atoms with van der Waals surface area (Å²) in [5.41, 5.74) is 1.89. The van der Waals surface area contributed by atoms with Crippen LogP contribution < -0.4 is 5.32 Å². The lowest BCUT2D eigenvalue weighted by molar-refractivity contribution is -0.137. The Morgan fingerprint density at radius 2 is 1.57 bits per heavy atom. The molecular formula is C26H19F6N3. The van der Waals surface area contributed by atoms with Crippen molar-refractivity contribution < 1.29 is 26.3 Å². The second kappa shape index (κ2) is 9.40. The van der Waals surface area contributed by atoms with E-state index in [1.165, 1.54) is 12.4 Å². The van der Waals surface area contributed by atoms with Gasteiger partial charge in [0.2, 0.25) is 0 Å². The highest BCUT2D eigenvalue weighted by Crippen LogP contribution is 2.38. The van der Waals surface area contributed by atoms with Gasteiger partial charge in [0.1, 0.15) is 12.1 Å². The molecule has 0 bridgehead atoms. The van der Waals surface area contributed by atoms with Crippen LogP contribution in [0, 0.1) is 24.4 Å². The Morgan fingerprint density at radius 1 is 0.857 bits per heavy atom. The predicted octanol–water partition coefficient (Wildman–Crippen LogP) is 7.86. The minimum Gasteiger partial charge on any atom is -0.340 e. The van der Waals surface area contributed by atoms with Crippen LogP contribution in [0.25, 0.3) is 22.4 Å². The monoisotopic (exact) mass is 487 g/mol. The summed E-state index contributed by atoms with van der Waals surface area (Å²) < 4.78 is 81.6. The number of halogens is 6. The van der Waals surface area contributed by atoms with Gasteiger partial charge in [-0.25, -0.2) is 23.1 Å². The average molecular weight is 487 g/mol. The Morgan fingerprint density at radius 3 is 2.23 bits per heavy atom. The van der Waals surface area contributed by atoms with E-state index in [2.05, 4.69) is 15.3 Å². The summed E-state index contributed by atoms with van der Waals surface area (Å²) in [6, 6.07) is 11.3. The number of aryl methyl sites for hydroxylation is 1. The zero-order valence-corrected chi connectivity index (χ0v) is 18.6. The summed E-state index contributed by atoms with van der Waals surface area (Å²) in [7, 11) is 0. The number of benzene rings is 3. The maximum Gasteiger partial charge on any atom is 0.416 e. The minimum atomic E-state index is -4.70. The molecule has 4 rings (SSSR count). The molecule has 1 heterocycles. The van der Waals surface area contributed by atoms with Crippen LogP contribution in [0.3, 0.4) is 0 Å². The third kappa shape index (κ3) is 4.99. The predicted molar refractivity (Wildman–Crippen MR) is 122 cm³/mol. The van der Waals surface area contributed by atoms with Crippen LogP contribution in [-0.2, 0) is 12.6 Å². The molecule has 0 saturated heterocycles. The summed E-state index contributed by atoms with van der Waals surface area (Å²) in [5, 5.41) is 3.19. The molecule has 0 atom stereocenters. The van der Waals surface area contributed by atoms with Crippen LogP contribution in [0.4, 0.5) is 37.8 Å². The van der Waals surface area contributed by atoms with Gasteiger partial charge in [-0.3, -0.25) is 0 Å². The fourth-order valence-electron chi connectivity index (χ4n) is 3.89. The van der Waals surface area contributed by atoms with Gasteiger partial charge in [0.25, 0.3) is 0 Å². The zero-order chi connectivity index (χ0) is 25.3. The second-order valence-corrected chi connectivity index (χ2v) is 7.88. The maximum atomic E-state index is 13.9. The lowest BCUT2D eigenvalue weighted by atomic mass is 9.94. The fourth-order valence-corrected chi connectivity index (χ4v) is 3.89. The van der Waals surface area contributed by atoms with Crippen molar-refractivity contribution in [3.63, 3.8) is 0 Å². The lowest BCUT2D eigenvalue weighted by Crippen LogP contribution is -2.06. The molecule has 0 aliphatic carbocycles. The van der Waals surface area contributed by atoms with Gasteiger partial charge in [0.05, 0.1) is 11.3 Å². The van der Waals surface area contributed by atoms with Crippen molar-refractivity contribution in [3.8, 4) is 22.4 Å². The molecule has 0 amide bonds. The molecular weight excluding hydrogens is 468 g/mol. The van der Waals surface area contributed by atoms with E-state index in [9.17, 15) is 26.3 Å². The first-order valence-corrected chi connectivity index (χ1v) is 10.6. The van der Waals surface area contributed by atoms with E-state index in [0.29, 0.717) is 18.0 Å². The van der Waals surface area contributed by atoms with Crippen molar-refractivity contribution in [2.24, 2.45) is 0 Å². The summed E-state index contributed by atoms with van der Waals surface area (Å²) in [5.74, 6) is -4.36. The lowest BCUT2D eigenvalue weighted by Gasteiger charge is -2.16. The van der Waals surface area contributed by atoms with Crippen molar-refractivity contribution in [2.75, 3.05) is 5.32 Å². The molecule has 0 radical (unpaired) electrons. The van der Waals surface area contributed by atoms with Gasteiger partial charge in [-0.15, -0.1) is 0 Å². The SMILES string of the molecule is CCc1c(C)cccc1Nc1cc(-c2ccc(C(F)(F)F)cc2-c2cc(F)c(F)c(F)c2)ncn1. The Balaban J connectivity index is 1.84. The van der Waals surface area contributed by atoms with Gasteiger partial charge in [-0.2, -0.15) is 13.2 Å². The Labute approximate surface area is 197 Å². The van der Waals surface area contributed by atoms with Crippen LogP contribution in [-0.4, -0.2) is 9.97 Å². The van der Waals surface area contributed by atoms with Gasteiger partial charge < -0.3 is 5.32 Å². The highest BCUT2D eigenvalue weighted by Gasteiger charge is 2.31. The third-order valence-corrected chi connectivity index (χ3v) is 5.61. The highest BCUT2D eigenvalue weighted by atomic mass is 19.4. The standard InChI is InChI=1S/C26H19F6N3/c1-3-17-14(2)5-4-6-22(17)35-24-12-23(33-13-34-24)18-8-7-16(26(30,31)32)11-19(18)15-9-20(27)25(29)21(28)10-15/h4-13H,3H2,1-2H3,(H,33,34,35). The molecule has 1 N–H and O–H groups in total. The van der Waals surface area contributed by atoms with Gasteiger partial charge >= 0.3 is 6.18 Å². The molecule has 3 nitrogen and oxygen atoms in total. The van der Waals surface area contributed by atoms with Crippen molar-refractivity contribution in [1.82, 2.24) is 9.97 Å². The van der Waals surface area contributed by atoms with Crippen molar-refractivity contribution in [3.05, 3.63) is 95.1 Å². The van der Waals surface area contributed by atoms with Crippen molar-refractivity contribution in [2.45, 2.75) is 26.4 Å². The number of alkyl halides is 3. The van der Waals surface area contributed by atoms with E-state index in [0.717, 1.165) is 41.4 Å². The van der Waals surface area contributed by atoms with Gasteiger partial charge in [0.15, 0.2) is 17.5 Å². The molecule has 1 aromatic heterocycles. The van der Waals surface area contributed by atoms with Crippen LogP contribution in [0.5, 0.6) is 0 Å². The maximum absolute atomic E-state index is 13.9. The molecule has 0 fully saturated rings. The van der Waals surface area contributed by atoms with E-state index < -0.39 is 29.2 Å². The molecule has 0 saturated carbocycles. The number of nitrogens with one attached hydrogen (secondary N) is 1. The smallest absolute Gasteiger partial charge is 0.340 e. The molecule has 0 aliphatic heterocycles. The highest BCUT2D eigenvalue weighted by molar-refractivity contribution is 5.83. The molecule has 35 heavy (non-hydrogen) atoms. The van der Waals surface area contributed by atoms with E-state index in [4.69, 9.17) is 0 Å². The third-order valence-electron chi connectivity index (χ3n) is 5.61. The molecule has 0 aliphatic rings. The first-order chi connectivity index (χ1) is 16.6. The number of anilines is 2. The van der Waals surface area contributed by atoms with Crippen molar-refractivity contribution >= 4 is 11.5 Å². The van der Waals surface area contributed by atoms with Crippen LogP contribution in [0.1, 0.15) is 23.6 Å². The average Bonchev–Trinajstić information content (AvgIpc) is 2.81. The number of hydrogen-bond acceptors (Lipinski definition) is 3. The van der Waals surface area contributed by atoms with Crippen molar-refractivity contribution in [1.29, 1.82) is 0 Å². The number of nitrogens with zero attached hydrogens (tertiary/aromatic N) is 2. The molecule has 3 aromatic carbocycles. The van der Waals surface area contributed by atoms with Gasteiger partial charge in [0, 0.05) is 17.3 Å². The summed E-state index contributed by atoms with van der Waals surface area (Å²) >= 11 is 0. The van der Waals surface area contributed by atoms with Crippen LogP contribution >= 0.6 is 0 Å². The largest absolute Gasteiger partial charge is 0.416 e. The molecule has 0 unspecified atom stereocenters. The minimum absolute atomic E-state index is 0.160. The normalized spacial score (nSPS) is 11.5. The second-order valence-electron chi connectivity index (χ2n) is 7.88. The first kappa shape index (κ1) is 24.3. The van der Waals surface area contributed by atoms with Crippen LogP contribution in [0.15, 0.2) is 60.9 Å². The molecule has 4 aromatic rings. The topological polar surface area (TPSA) is 37.8 Å². The number of hydrogen-bond donors (Lipinski definition) is 1. The number of rotatable bonds is 5. The van der Waals surface area contributed by atoms with E-state index >= 15 is 0 Å². The molecule has 0 spiro atoms. The fraction of sp³-hybridized carbons (Fsp3) is 0.154. The summed E-state index contributed by atoms with van der Waals surface area (Å²) in [4.78, 5) is 8.35. The van der Waals surface area contributed by atoms with E-state index in [1.807, 2.05) is 32.0 Å². The van der Waals surface area contributed by atoms with Gasteiger partial charge in [-0.05, 0) is 65.9 Å². The molecule has 180 valence electrons. The van der Waals surface area contributed by atoms with Gasteiger partial charge in [-0.1, -0.05) is 25.1 Å².